The first kappa shape index (κ1) is 22.1. The monoisotopic (exact) mass is 457 g/mol. The molecule has 6 nitrogen and oxygen atoms in total. The van der Waals surface area contributed by atoms with E-state index in [1.165, 1.54) is 17.4 Å². The molecular formula is C23H21F2N3O3S. The number of ether oxygens (including phenoxy) is 2. The van der Waals surface area contributed by atoms with Gasteiger partial charge in [0.25, 0.3) is 0 Å². The Labute approximate surface area is 187 Å². The summed E-state index contributed by atoms with van der Waals surface area (Å²) in [5, 5.41) is 16.4. The highest BCUT2D eigenvalue weighted by Gasteiger charge is 2.16. The summed E-state index contributed by atoms with van der Waals surface area (Å²) >= 11 is 1.51. The van der Waals surface area contributed by atoms with Crippen LogP contribution in [-0.2, 0) is 11.3 Å². The number of aliphatic hydroxyl groups is 1. The molecule has 0 aliphatic heterocycles. The molecule has 166 valence electrons. The van der Waals surface area contributed by atoms with Gasteiger partial charge < -0.3 is 19.9 Å². The molecule has 32 heavy (non-hydrogen) atoms. The van der Waals surface area contributed by atoms with Gasteiger partial charge in [0, 0.05) is 30.7 Å². The number of anilines is 1. The van der Waals surface area contributed by atoms with Gasteiger partial charge in [0.2, 0.25) is 0 Å². The van der Waals surface area contributed by atoms with Gasteiger partial charge in [-0.1, -0.05) is 30.3 Å². The number of aromatic nitrogens is 2. The van der Waals surface area contributed by atoms with Gasteiger partial charge in [-0.05, 0) is 17.7 Å². The van der Waals surface area contributed by atoms with Crippen molar-refractivity contribution in [3.8, 4) is 16.9 Å². The van der Waals surface area contributed by atoms with Gasteiger partial charge >= 0.3 is 0 Å². The van der Waals surface area contributed by atoms with Crippen LogP contribution in [0.2, 0.25) is 0 Å². The van der Waals surface area contributed by atoms with Crippen molar-refractivity contribution in [1.29, 1.82) is 0 Å². The van der Waals surface area contributed by atoms with Crippen molar-refractivity contribution in [2.45, 2.75) is 12.7 Å². The Bertz CT molecular complexity index is 1200. The van der Waals surface area contributed by atoms with Crippen LogP contribution >= 0.6 is 11.3 Å². The molecule has 0 saturated carbocycles. The molecule has 4 rings (SSSR count). The smallest absolute Gasteiger partial charge is 0.162 e. The normalized spacial score (nSPS) is 12.1. The van der Waals surface area contributed by atoms with E-state index in [4.69, 9.17) is 9.47 Å². The highest BCUT2D eigenvalue weighted by molar-refractivity contribution is 7.17. The number of nitrogens with zero attached hydrogens (tertiary/aromatic N) is 2. The Morgan fingerprint density at radius 3 is 2.66 bits per heavy atom. The van der Waals surface area contributed by atoms with Crippen LogP contribution in [0.1, 0.15) is 5.82 Å². The molecule has 0 saturated heterocycles. The van der Waals surface area contributed by atoms with E-state index >= 15 is 0 Å². The number of rotatable bonds is 9. The maximum atomic E-state index is 13.3. The number of thiophene rings is 1. The zero-order chi connectivity index (χ0) is 22.5. The van der Waals surface area contributed by atoms with Gasteiger partial charge in [0.15, 0.2) is 17.5 Å². The van der Waals surface area contributed by atoms with Crippen molar-refractivity contribution >= 4 is 27.4 Å². The Morgan fingerprint density at radius 2 is 1.91 bits per heavy atom. The van der Waals surface area contributed by atoms with E-state index in [1.54, 1.807) is 7.11 Å². The zero-order valence-electron chi connectivity index (χ0n) is 17.2. The summed E-state index contributed by atoms with van der Waals surface area (Å²) in [5.41, 5.74) is 2.02. The lowest BCUT2D eigenvalue weighted by Crippen LogP contribution is -2.27. The van der Waals surface area contributed by atoms with E-state index in [-0.39, 0.29) is 25.5 Å². The molecule has 0 amide bonds. The van der Waals surface area contributed by atoms with Gasteiger partial charge in [-0.25, -0.2) is 18.7 Å². The molecule has 2 aromatic carbocycles. The van der Waals surface area contributed by atoms with E-state index in [2.05, 4.69) is 15.3 Å². The summed E-state index contributed by atoms with van der Waals surface area (Å²) in [7, 11) is 1.57. The predicted octanol–water partition coefficient (Wildman–Crippen LogP) is 4.63. The third-order valence-corrected chi connectivity index (χ3v) is 5.55. The summed E-state index contributed by atoms with van der Waals surface area (Å²) in [6, 6.07) is 13.1. The second kappa shape index (κ2) is 9.99. The van der Waals surface area contributed by atoms with Crippen LogP contribution in [0.15, 0.2) is 53.9 Å². The zero-order valence-corrected chi connectivity index (χ0v) is 18.0. The molecule has 9 heteroatoms. The predicted molar refractivity (Wildman–Crippen MR) is 120 cm³/mol. The summed E-state index contributed by atoms with van der Waals surface area (Å²) in [4.78, 5) is 9.96. The van der Waals surface area contributed by atoms with Gasteiger partial charge in [0.1, 0.15) is 35.7 Å². The fourth-order valence-electron chi connectivity index (χ4n) is 3.17. The molecule has 4 aromatic rings. The van der Waals surface area contributed by atoms with Crippen molar-refractivity contribution < 1.29 is 23.4 Å². The van der Waals surface area contributed by atoms with Crippen molar-refractivity contribution in [2.24, 2.45) is 0 Å². The Balaban J connectivity index is 1.52. The topological polar surface area (TPSA) is 76.5 Å². The number of hydrogen-bond donors (Lipinski definition) is 2. The quantitative estimate of drug-likeness (QED) is 0.382. The SMILES string of the molecule is COCc1nc(NCC(O)COc2ccc(F)c(F)c2)c2c(-c3ccccc3)csc2n1. The van der Waals surface area contributed by atoms with Crippen molar-refractivity contribution in [3.63, 3.8) is 0 Å². The van der Waals surface area contributed by atoms with Crippen LogP contribution < -0.4 is 10.1 Å². The average molecular weight is 458 g/mol. The number of aliphatic hydroxyl groups excluding tert-OH is 1. The van der Waals surface area contributed by atoms with E-state index in [9.17, 15) is 13.9 Å². The second-order valence-electron chi connectivity index (χ2n) is 7.04. The molecule has 0 spiro atoms. The van der Waals surface area contributed by atoms with Crippen LogP contribution in [0.3, 0.4) is 0 Å². The molecule has 0 aliphatic rings. The molecule has 1 atom stereocenters. The molecule has 1 unspecified atom stereocenters. The number of hydrogen-bond acceptors (Lipinski definition) is 7. The average Bonchev–Trinajstić information content (AvgIpc) is 3.23. The van der Waals surface area contributed by atoms with Gasteiger partial charge in [-0.3, -0.25) is 0 Å². The Morgan fingerprint density at radius 1 is 1.09 bits per heavy atom. The third kappa shape index (κ3) is 5.01. The number of methoxy groups -OCH3 is 1. The molecule has 0 aliphatic carbocycles. The lowest BCUT2D eigenvalue weighted by Gasteiger charge is -2.15. The molecule has 2 aromatic heterocycles. The minimum Gasteiger partial charge on any atom is -0.491 e. The first-order valence-corrected chi connectivity index (χ1v) is 10.8. The van der Waals surface area contributed by atoms with Gasteiger partial charge in [-0.15, -0.1) is 11.3 Å². The van der Waals surface area contributed by atoms with Crippen LogP contribution in [-0.4, -0.2) is 41.4 Å². The fourth-order valence-corrected chi connectivity index (χ4v) is 4.14. The van der Waals surface area contributed by atoms with E-state index in [0.717, 1.165) is 33.5 Å². The standard InChI is InChI=1S/C23H21F2N3O3S/c1-30-12-20-27-22(21-17(13-32-23(21)28-20)14-5-3-2-4-6-14)26-10-15(29)11-31-16-7-8-18(24)19(25)9-16/h2-9,13,15,29H,10-12H2,1H3,(H,26,27,28). The highest BCUT2D eigenvalue weighted by atomic mass is 32.1. The Kier molecular flexibility index (Phi) is 6.89. The number of halogens is 2. The number of nitrogens with one attached hydrogen (secondary N) is 1. The summed E-state index contributed by atoms with van der Waals surface area (Å²) < 4.78 is 36.9. The molecule has 0 radical (unpaired) electrons. The first-order valence-electron chi connectivity index (χ1n) is 9.87. The Hall–Kier alpha value is -3.14. The largest absolute Gasteiger partial charge is 0.491 e. The lowest BCUT2D eigenvalue weighted by molar-refractivity contribution is 0.117. The van der Waals surface area contributed by atoms with Gasteiger partial charge in [0.05, 0.1) is 5.39 Å². The summed E-state index contributed by atoms with van der Waals surface area (Å²) in [6.07, 6.45) is -0.919. The van der Waals surface area contributed by atoms with E-state index in [1.807, 2.05) is 35.7 Å². The summed E-state index contributed by atoms with van der Waals surface area (Å²) in [5.74, 6) is -0.719. The first-order chi connectivity index (χ1) is 15.5. The minimum absolute atomic E-state index is 0.105. The van der Waals surface area contributed by atoms with E-state index in [0.29, 0.717) is 11.6 Å². The third-order valence-electron chi connectivity index (χ3n) is 4.68. The maximum Gasteiger partial charge on any atom is 0.162 e. The maximum absolute atomic E-state index is 13.3. The fraction of sp³-hybridized carbons (Fsp3) is 0.217. The van der Waals surface area contributed by atoms with Crippen molar-refractivity contribution in [3.05, 3.63) is 71.4 Å². The molecule has 0 fully saturated rings. The number of fused-ring (bicyclic) bond motifs is 1. The molecule has 2 heterocycles. The number of benzene rings is 2. The van der Waals surface area contributed by atoms with Crippen LogP contribution in [0, 0.1) is 11.6 Å². The van der Waals surface area contributed by atoms with Crippen LogP contribution in [0.5, 0.6) is 5.75 Å². The van der Waals surface area contributed by atoms with Crippen LogP contribution in [0.4, 0.5) is 14.6 Å². The molecular weight excluding hydrogens is 436 g/mol. The second-order valence-corrected chi connectivity index (χ2v) is 7.90. The van der Waals surface area contributed by atoms with Crippen LogP contribution in [0.25, 0.3) is 21.3 Å². The summed E-state index contributed by atoms with van der Waals surface area (Å²) in [6.45, 7) is 0.281. The molecule has 0 bridgehead atoms. The van der Waals surface area contributed by atoms with Crippen molar-refractivity contribution in [2.75, 3.05) is 25.6 Å². The minimum atomic E-state index is -1.00. The lowest BCUT2D eigenvalue weighted by atomic mass is 10.1. The molecule has 2 N–H and O–H groups in total. The van der Waals surface area contributed by atoms with E-state index < -0.39 is 17.7 Å². The van der Waals surface area contributed by atoms with Crippen molar-refractivity contribution in [1.82, 2.24) is 9.97 Å². The van der Waals surface area contributed by atoms with Gasteiger partial charge in [-0.2, -0.15) is 0 Å². The highest BCUT2D eigenvalue weighted by Crippen LogP contribution is 2.37.